The first kappa shape index (κ1) is 19.2. The highest BCUT2D eigenvalue weighted by molar-refractivity contribution is 5.79. The smallest absolute Gasteiger partial charge is 0.225 e. The summed E-state index contributed by atoms with van der Waals surface area (Å²) < 4.78 is 0. The summed E-state index contributed by atoms with van der Waals surface area (Å²) in [5, 5.41) is 17.6. The van der Waals surface area contributed by atoms with E-state index in [1.165, 1.54) is 0 Å². The van der Waals surface area contributed by atoms with E-state index < -0.39 is 6.10 Å². The molecule has 136 valence electrons. The van der Waals surface area contributed by atoms with Crippen molar-refractivity contribution in [1.29, 1.82) is 0 Å². The molecule has 2 atom stereocenters. The first-order chi connectivity index (χ1) is 11.8. The number of aliphatic hydroxyl groups excluding tert-OH is 1. The van der Waals surface area contributed by atoms with E-state index in [4.69, 9.17) is 0 Å². The second-order valence-electron chi connectivity index (χ2n) is 6.82. The molecule has 1 aromatic carbocycles. The van der Waals surface area contributed by atoms with Gasteiger partial charge in [-0.25, -0.2) is 0 Å². The van der Waals surface area contributed by atoms with Crippen molar-refractivity contribution in [3.8, 4) is 0 Å². The van der Waals surface area contributed by atoms with Gasteiger partial charge in [-0.05, 0) is 45.2 Å². The summed E-state index contributed by atoms with van der Waals surface area (Å²) in [4.78, 5) is 14.6. The van der Waals surface area contributed by atoms with E-state index in [-0.39, 0.29) is 11.8 Å². The van der Waals surface area contributed by atoms with Crippen LogP contribution in [0.3, 0.4) is 0 Å². The lowest BCUT2D eigenvalue weighted by Crippen LogP contribution is -2.38. The molecule has 2 N–H and O–H groups in total. The number of carbonyl (C=O) groups excluding carboxylic acids is 1. The summed E-state index contributed by atoms with van der Waals surface area (Å²) in [6.45, 7) is 10.7. The molecule has 25 heavy (non-hydrogen) atoms. The minimum Gasteiger partial charge on any atom is -0.387 e. The monoisotopic (exact) mass is 343 g/mol. The largest absolute Gasteiger partial charge is 0.387 e. The minimum absolute atomic E-state index is 0.0636. The maximum Gasteiger partial charge on any atom is 0.225 e. The number of rotatable bonds is 7. The molecule has 0 aliphatic carbocycles. The van der Waals surface area contributed by atoms with Crippen LogP contribution in [0.25, 0.3) is 0 Å². The van der Waals surface area contributed by atoms with E-state index in [1.54, 1.807) is 4.90 Å². The molecule has 1 amide bonds. The van der Waals surface area contributed by atoms with Gasteiger partial charge in [0.05, 0.1) is 18.3 Å². The summed E-state index contributed by atoms with van der Waals surface area (Å²) in [7, 11) is 0. The van der Waals surface area contributed by atoms with Crippen molar-refractivity contribution in [3.63, 3.8) is 0 Å². The van der Waals surface area contributed by atoms with Crippen LogP contribution in [0.15, 0.2) is 24.3 Å². The van der Waals surface area contributed by atoms with Gasteiger partial charge in [-0.2, -0.15) is 5.10 Å². The van der Waals surface area contributed by atoms with Crippen molar-refractivity contribution in [2.45, 2.75) is 47.1 Å². The van der Waals surface area contributed by atoms with Crippen LogP contribution in [0, 0.1) is 26.7 Å². The van der Waals surface area contributed by atoms with Gasteiger partial charge in [-0.15, -0.1) is 0 Å². The third-order valence-electron chi connectivity index (χ3n) is 4.76. The number of aryl methyl sites for hydroxylation is 3. The van der Waals surface area contributed by atoms with Crippen LogP contribution in [0.5, 0.6) is 0 Å². The van der Waals surface area contributed by atoms with Gasteiger partial charge in [-0.3, -0.25) is 9.89 Å². The molecule has 2 unspecified atom stereocenters. The number of benzene rings is 1. The Kier molecular flexibility index (Phi) is 6.37. The molecule has 0 aliphatic heterocycles. The molecular weight excluding hydrogens is 314 g/mol. The number of likely N-dealkylation sites (N-methyl/N-ethyl adjacent to an activating group) is 1. The summed E-state index contributed by atoms with van der Waals surface area (Å²) >= 11 is 0. The maximum atomic E-state index is 12.8. The van der Waals surface area contributed by atoms with E-state index in [2.05, 4.69) is 10.2 Å². The van der Waals surface area contributed by atoms with Crippen molar-refractivity contribution < 1.29 is 9.90 Å². The van der Waals surface area contributed by atoms with Crippen molar-refractivity contribution in [2.75, 3.05) is 13.1 Å². The van der Waals surface area contributed by atoms with E-state index >= 15 is 0 Å². The molecular formula is C20H29N3O2. The molecule has 0 aliphatic rings. The van der Waals surface area contributed by atoms with E-state index in [0.717, 1.165) is 28.1 Å². The number of carbonyl (C=O) groups is 1. The zero-order chi connectivity index (χ0) is 18.6. The Morgan fingerprint density at radius 3 is 2.40 bits per heavy atom. The first-order valence-corrected chi connectivity index (χ1v) is 8.87. The lowest BCUT2D eigenvalue weighted by Gasteiger charge is -2.27. The standard InChI is InChI=1S/C20H29N3O2/c1-6-23(12-19(24)17-9-7-13(2)8-10-17)20(25)14(3)11-18-15(4)21-22-16(18)5/h7-10,14,19,24H,6,11-12H2,1-5H3,(H,21,22). The molecule has 1 aromatic heterocycles. The van der Waals surface area contributed by atoms with Gasteiger partial charge in [0.25, 0.3) is 0 Å². The van der Waals surface area contributed by atoms with Gasteiger partial charge < -0.3 is 10.0 Å². The van der Waals surface area contributed by atoms with Crippen molar-refractivity contribution in [1.82, 2.24) is 15.1 Å². The first-order valence-electron chi connectivity index (χ1n) is 8.87. The van der Waals surface area contributed by atoms with Crippen LogP contribution >= 0.6 is 0 Å². The number of hydrogen-bond acceptors (Lipinski definition) is 3. The Balaban J connectivity index is 2.03. The normalized spacial score (nSPS) is 13.5. The molecule has 0 saturated heterocycles. The molecule has 5 heteroatoms. The number of amides is 1. The summed E-state index contributed by atoms with van der Waals surface area (Å²) in [5.74, 6) is -0.0890. The summed E-state index contributed by atoms with van der Waals surface area (Å²) in [6, 6.07) is 7.79. The second kappa shape index (κ2) is 8.30. The molecule has 0 bridgehead atoms. The van der Waals surface area contributed by atoms with Crippen LogP contribution in [-0.2, 0) is 11.2 Å². The van der Waals surface area contributed by atoms with Gasteiger partial charge in [0.1, 0.15) is 0 Å². The topological polar surface area (TPSA) is 69.2 Å². The summed E-state index contributed by atoms with van der Waals surface area (Å²) in [5.41, 5.74) is 5.06. The fourth-order valence-electron chi connectivity index (χ4n) is 3.06. The molecule has 5 nitrogen and oxygen atoms in total. The fourth-order valence-corrected chi connectivity index (χ4v) is 3.06. The fraction of sp³-hybridized carbons (Fsp3) is 0.500. The molecule has 2 aromatic rings. The number of aliphatic hydroxyl groups is 1. The highest BCUT2D eigenvalue weighted by atomic mass is 16.3. The zero-order valence-corrected chi connectivity index (χ0v) is 15.8. The molecule has 0 fully saturated rings. The van der Waals surface area contributed by atoms with Crippen LogP contribution in [-0.4, -0.2) is 39.2 Å². The molecule has 1 heterocycles. The number of aromatic nitrogens is 2. The van der Waals surface area contributed by atoms with Crippen LogP contribution in [0.2, 0.25) is 0 Å². The minimum atomic E-state index is -0.672. The van der Waals surface area contributed by atoms with Crippen molar-refractivity contribution in [2.24, 2.45) is 5.92 Å². The Morgan fingerprint density at radius 1 is 1.24 bits per heavy atom. The highest BCUT2D eigenvalue weighted by Gasteiger charge is 2.24. The predicted molar refractivity (Wildman–Crippen MR) is 99.3 cm³/mol. The SMILES string of the molecule is CCN(CC(O)c1ccc(C)cc1)C(=O)C(C)Cc1c(C)n[nH]c1C. The van der Waals surface area contributed by atoms with Crippen LogP contribution in [0.1, 0.15) is 48.0 Å². The van der Waals surface area contributed by atoms with Crippen LogP contribution in [0.4, 0.5) is 0 Å². The van der Waals surface area contributed by atoms with E-state index in [1.807, 2.05) is 58.9 Å². The van der Waals surface area contributed by atoms with Gasteiger partial charge >= 0.3 is 0 Å². The third-order valence-corrected chi connectivity index (χ3v) is 4.76. The van der Waals surface area contributed by atoms with Gasteiger partial charge in [0.2, 0.25) is 5.91 Å². The van der Waals surface area contributed by atoms with Crippen LogP contribution < -0.4 is 0 Å². The van der Waals surface area contributed by atoms with Gasteiger partial charge in [0, 0.05) is 18.2 Å². The Morgan fingerprint density at radius 2 is 1.88 bits per heavy atom. The number of hydrogen-bond donors (Lipinski definition) is 2. The number of nitrogens with zero attached hydrogens (tertiary/aromatic N) is 2. The number of aromatic amines is 1. The maximum absolute atomic E-state index is 12.8. The van der Waals surface area contributed by atoms with Gasteiger partial charge in [0.15, 0.2) is 0 Å². The average molecular weight is 343 g/mol. The Labute approximate surface area is 150 Å². The average Bonchev–Trinajstić information content (AvgIpc) is 2.91. The zero-order valence-electron chi connectivity index (χ0n) is 15.8. The molecule has 0 radical (unpaired) electrons. The lowest BCUT2D eigenvalue weighted by molar-refractivity contribution is -0.136. The quantitative estimate of drug-likeness (QED) is 0.812. The van der Waals surface area contributed by atoms with E-state index in [0.29, 0.717) is 19.5 Å². The Hall–Kier alpha value is -2.14. The Bertz CT molecular complexity index is 687. The summed E-state index contributed by atoms with van der Waals surface area (Å²) in [6.07, 6.45) is -0.0153. The number of nitrogens with one attached hydrogen (secondary N) is 1. The highest BCUT2D eigenvalue weighted by Crippen LogP contribution is 2.19. The molecule has 0 saturated carbocycles. The predicted octanol–water partition coefficient (Wildman–Crippen LogP) is 3.10. The third kappa shape index (κ3) is 4.69. The van der Waals surface area contributed by atoms with E-state index in [9.17, 15) is 9.90 Å². The van der Waals surface area contributed by atoms with Crippen molar-refractivity contribution >= 4 is 5.91 Å². The second-order valence-corrected chi connectivity index (χ2v) is 6.82. The number of H-pyrrole nitrogens is 1. The molecule has 0 spiro atoms. The van der Waals surface area contributed by atoms with Gasteiger partial charge in [-0.1, -0.05) is 36.8 Å². The lowest BCUT2D eigenvalue weighted by atomic mass is 9.98. The molecule has 2 rings (SSSR count). The van der Waals surface area contributed by atoms with Crippen molar-refractivity contribution in [3.05, 3.63) is 52.3 Å².